The quantitative estimate of drug-likeness (QED) is 0.849. The third-order valence-electron chi connectivity index (χ3n) is 5.10. The van der Waals surface area contributed by atoms with Crippen LogP contribution in [-0.4, -0.2) is 58.1 Å². The molecule has 3 heterocycles. The van der Waals surface area contributed by atoms with Crippen LogP contribution in [0.25, 0.3) is 11.4 Å². The minimum atomic E-state index is -0.370. The van der Waals surface area contributed by atoms with Crippen LogP contribution in [0.2, 0.25) is 0 Å². The number of phenols is 1. The Balaban J connectivity index is 1.47. The lowest BCUT2D eigenvalue weighted by Crippen LogP contribution is -2.43. The standard InChI is InChI=1S/C20H25N7O/c1-26-10-3-5-15(12-26)23-18-13-27(2)20(25-24-18)16-7-6-14(11-17(16)28)19-21-8-4-9-22-19/h4,6-9,11,13,15,20,23,28H,3,5,10,12H2,1-2H3/t15?,20-/m0/s1. The molecule has 2 aromatic rings. The van der Waals surface area contributed by atoms with Crippen LogP contribution < -0.4 is 5.32 Å². The number of benzene rings is 1. The fourth-order valence-corrected chi connectivity index (χ4v) is 3.68. The largest absolute Gasteiger partial charge is 0.507 e. The predicted octanol–water partition coefficient (Wildman–Crippen LogP) is 2.73. The van der Waals surface area contributed by atoms with Crippen molar-refractivity contribution in [2.75, 3.05) is 27.2 Å². The summed E-state index contributed by atoms with van der Waals surface area (Å²) in [7, 11) is 4.07. The first-order chi connectivity index (χ1) is 13.6. The molecule has 1 saturated heterocycles. The molecule has 2 atom stereocenters. The lowest BCUT2D eigenvalue weighted by Gasteiger charge is -2.32. The average molecular weight is 379 g/mol. The Bertz CT molecular complexity index is 883. The molecule has 28 heavy (non-hydrogen) atoms. The smallest absolute Gasteiger partial charge is 0.171 e. The Kier molecular flexibility index (Phi) is 5.21. The number of hydrogen-bond donors (Lipinski definition) is 2. The van der Waals surface area contributed by atoms with Gasteiger partial charge in [-0.25, -0.2) is 9.97 Å². The van der Waals surface area contributed by atoms with Gasteiger partial charge in [0.25, 0.3) is 0 Å². The Hall–Kier alpha value is -3.00. The van der Waals surface area contributed by atoms with Crippen molar-refractivity contribution in [3.8, 4) is 17.1 Å². The Morgan fingerprint density at radius 3 is 2.71 bits per heavy atom. The van der Waals surface area contributed by atoms with Crippen LogP contribution in [0, 0.1) is 0 Å². The average Bonchev–Trinajstić information content (AvgIpc) is 2.69. The first-order valence-electron chi connectivity index (χ1n) is 9.50. The second-order valence-corrected chi connectivity index (χ2v) is 7.36. The molecule has 8 nitrogen and oxygen atoms in total. The van der Waals surface area contributed by atoms with Crippen LogP contribution >= 0.6 is 0 Å². The summed E-state index contributed by atoms with van der Waals surface area (Å²) in [6, 6.07) is 7.56. The molecule has 1 fully saturated rings. The minimum absolute atomic E-state index is 0.152. The molecule has 2 aliphatic rings. The maximum absolute atomic E-state index is 10.6. The summed E-state index contributed by atoms with van der Waals surface area (Å²) in [5.41, 5.74) is 1.45. The van der Waals surface area contributed by atoms with Gasteiger partial charge < -0.3 is 20.2 Å². The van der Waals surface area contributed by atoms with Gasteiger partial charge >= 0.3 is 0 Å². The van der Waals surface area contributed by atoms with Crippen LogP contribution in [0.1, 0.15) is 24.6 Å². The number of phenolic OH excluding ortho intramolecular Hbond substituents is 1. The fraction of sp³-hybridized carbons (Fsp3) is 0.400. The van der Waals surface area contributed by atoms with Gasteiger partial charge in [0.1, 0.15) is 5.75 Å². The number of nitrogens with zero attached hydrogens (tertiary/aromatic N) is 6. The summed E-state index contributed by atoms with van der Waals surface area (Å²) in [6.07, 6.45) is 7.25. The van der Waals surface area contributed by atoms with E-state index < -0.39 is 0 Å². The number of likely N-dealkylation sites (tertiary alicyclic amines) is 1. The molecule has 0 spiro atoms. The molecule has 0 amide bonds. The SMILES string of the molecule is CN1CCCC(NC2=CN(C)[C@@H](c3ccc(-c4ncccn4)cc3O)N=N2)C1. The van der Waals surface area contributed by atoms with Crippen molar-refractivity contribution in [3.63, 3.8) is 0 Å². The highest BCUT2D eigenvalue weighted by Crippen LogP contribution is 2.34. The van der Waals surface area contributed by atoms with Crippen molar-refractivity contribution in [3.05, 3.63) is 54.2 Å². The molecular weight excluding hydrogens is 354 g/mol. The number of aromatic nitrogens is 2. The van der Waals surface area contributed by atoms with Gasteiger partial charge in [0.15, 0.2) is 17.8 Å². The summed E-state index contributed by atoms with van der Waals surface area (Å²) >= 11 is 0. The number of azo groups is 1. The van der Waals surface area contributed by atoms with Gasteiger partial charge in [0.05, 0.1) is 0 Å². The van der Waals surface area contributed by atoms with Crippen molar-refractivity contribution in [1.29, 1.82) is 0 Å². The van der Waals surface area contributed by atoms with E-state index in [1.807, 2.05) is 30.3 Å². The second-order valence-electron chi connectivity index (χ2n) is 7.36. The maximum atomic E-state index is 10.6. The lowest BCUT2D eigenvalue weighted by molar-refractivity contribution is 0.230. The van der Waals surface area contributed by atoms with Gasteiger partial charge in [0.2, 0.25) is 0 Å². The summed E-state index contributed by atoms with van der Waals surface area (Å²) in [6.45, 7) is 2.15. The minimum Gasteiger partial charge on any atom is -0.507 e. The third kappa shape index (κ3) is 3.96. The normalized spacial score (nSPS) is 22.8. The number of hydrogen-bond acceptors (Lipinski definition) is 8. The van der Waals surface area contributed by atoms with Gasteiger partial charge in [-0.3, -0.25) is 0 Å². The van der Waals surface area contributed by atoms with E-state index in [4.69, 9.17) is 0 Å². The number of likely N-dealkylation sites (N-methyl/N-ethyl adjacent to an activating group) is 1. The molecule has 0 saturated carbocycles. The van der Waals surface area contributed by atoms with E-state index in [0.717, 1.165) is 30.9 Å². The summed E-state index contributed by atoms with van der Waals surface area (Å²) in [5.74, 6) is 1.49. The Morgan fingerprint density at radius 1 is 1.18 bits per heavy atom. The Labute approximate surface area is 164 Å². The molecule has 146 valence electrons. The fourth-order valence-electron chi connectivity index (χ4n) is 3.68. The summed E-state index contributed by atoms with van der Waals surface area (Å²) in [4.78, 5) is 12.7. The van der Waals surface area contributed by atoms with E-state index in [1.54, 1.807) is 24.5 Å². The summed E-state index contributed by atoms with van der Waals surface area (Å²) in [5, 5.41) is 22.8. The van der Waals surface area contributed by atoms with Gasteiger partial charge in [-0.2, -0.15) is 5.11 Å². The predicted molar refractivity (Wildman–Crippen MR) is 106 cm³/mol. The van der Waals surface area contributed by atoms with Gasteiger partial charge in [-0.05, 0) is 38.6 Å². The van der Waals surface area contributed by atoms with Gasteiger partial charge in [0, 0.05) is 49.4 Å². The molecule has 0 radical (unpaired) electrons. The van der Waals surface area contributed by atoms with Crippen LogP contribution in [0.5, 0.6) is 5.75 Å². The topological polar surface area (TPSA) is 89.2 Å². The van der Waals surface area contributed by atoms with E-state index in [-0.39, 0.29) is 11.9 Å². The van der Waals surface area contributed by atoms with Crippen LogP contribution in [0.15, 0.2) is 58.9 Å². The van der Waals surface area contributed by atoms with Crippen molar-refractivity contribution in [2.45, 2.75) is 25.0 Å². The molecule has 0 aliphatic carbocycles. The molecule has 8 heteroatoms. The number of nitrogens with one attached hydrogen (secondary N) is 1. The molecule has 1 unspecified atom stereocenters. The highest BCUT2D eigenvalue weighted by atomic mass is 16.3. The third-order valence-corrected chi connectivity index (χ3v) is 5.10. The molecule has 1 aromatic carbocycles. The van der Waals surface area contributed by atoms with Crippen LogP contribution in [-0.2, 0) is 0 Å². The molecule has 1 aromatic heterocycles. The highest BCUT2D eigenvalue weighted by molar-refractivity contribution is 5.59. The zero-order valence-corrected chi connectivity index (χ0v) is 16.2. The van der Waals surface area contributed by atoms with Gasteiger partial charge in [-0.1, -0.05) is 12.1 Å². The molecule has 2 N–H and O–H groups in total. The number of rotatable bonds is 4. The monoisotopic (exact) mass is 379 g/mol. The van der Waals surface area contributed by atoms with Gasteiger partial charge in [-0.15, -0.1) is 5.11 Å². The maximum Gasteiger partial charge on any atom is 0.171 e. The first-order valence-corrected chi connectivity index (χ1v) is 9.50. The number of piperidine rings is 1. The van der Waals surface area contributed by atoms with Crippen LogP contribution in [0.4, 0.5) is 0 Å². The molecule has 2 aliphatic heterocycles. The van der Waals surface area contributed by atoms with Crippen molar-refractivity contribution >= 4 is 0 Å². The highest BCUT2D eigenvalue weighted by Gasteiger charge is 2.24. The molecular formula is C20H25N7O. The zero-order chi connectivity index (χ0) is 19.5. The van der Waals surface area contributed by atoms with E-state index in [1.165, 1.54) is 6.42 Å². The second kappa shape index (κ2) is 7.93. The zero-order valence-electron chi connectivity index (χ0n) is 16.2. The lowest BCUT2D eigenvalue weighted by atomic mass is 10.1. The molecule has 0 bridgehead atoms. The van der Waals surface area contributed by atoms with E-state index in [9.17, 15) is 5.11 Å². The van der Waals surface area contributed by atoms with Crippen LogP contribution in [0.3, 0.4) is 0 Å². The van der Waals surface area contributed by atoms with E-state index in [0.29, 0.717) is 17.4 Å². The summed E-state index contributed by atoms with van der Waals surface area (Å²) < 4.78 is 0. The van der Waals surface area contributed by atoms with E-state index in [2.05, 4.69) is 37.5 Å². The Morgan fingerprint density at radius 2 is 2.00 bits per heavy atom. The van der Waals surface area contributed by atoms with Crippen molar-refractivity contribution < 1.29 is 5.11 Å². The van der Waals surface area contributed by atoms with Crippen molar-refractivity contribution in [1.82, 2.24) is 25.1 Å². The molecule has 4 rings (SSSR count). The first kappa shape index (κ1) is 18.4. The van der Waals surface area contributed by atoms with Crippen molar-refractivity contribution in [2.24, 2.45) is 10.2 Å². The van der Waals surface area contributed by atoms with E-state index >= 15 is 0 Å². The number of aromatic hydroxyl groups is 1.